The number of hydrogen-bond acceptors (Lipinski definition) is 2. The molecule has 0 fully saturated rings. The number of ether oxygens (including phenoxy) is 1. The van der Waals surface area contributed by atoms with E-state index in [0.29, 0.717) is 18.8 Å². The van der Waals surface area contributed by atoms with Gasteiger partial charge >= 0.3 is 6.18 Å². The molecule has 18 heavy (non-hydrogen) atoms. The third-order valence-electron chi connectivity index (χ3n) is 2.48. The lowest BCUT2D eigenvalue weighted by molar-refractivity contribution is -0.137. The van der Waals surface area contributed by atoms with Crippen LogP contribution in [-0.4, -0.2) is 6.61 Å². The number of benzene rings is 1. The van der Waals surface area contributed by atoms with E-state index in [0.717, 1.165) is 12.1 Å². The molecule has 0 aliphatic carbocycles. The summed E-state index contributed by atoms with van der Waals surface area (Å²) in [5.41, 5.74) is -1.20. The van der Waals surface area contributed by atoms with E-state index in [4.69, 9.17) is 10.00 Å². The molecular weight excluding hydrogens is 243 g/mol. The number of nitrogens with zero attached hydrogens (tertiary/aromatic N) is 1. The van der Waals surface area contributed by atoms with Crippen LogP contribution in [0.25, 0.3) is 0 Å². The second-order valence-corrected chi connectivity index (χ2v) is 4.62. The fraction of sp³-hybridized carbons (Fsp3) is 0.462. The largest absolute Gasteiger partial charge is 0.494 e. The zero-order valence-electron chi connectivity index (χ0n) is 10.2. The van der Waals surface area contributed by atoms with Crippen molar-refractivity contribution in [1.82, 2.24) is 0 Å². The third-order valence-corrected chi connectivity index (χ3v) is 2.48. The molecular formula is C13H14F3NO. The molecule has 0 amide bonds. The van der Waals surface area contributed by atoms with Crippen LogP contribution in [0.3, 0.4) is 0 Å². The lowest BCUT2D eigenvalue weighted by Gasteiger charge is -2.15. The van der Waals surface area contributed by atoms with E-state index in [-0.39, 0.29) is 0 Å². The summed E-state index contributed by atoms with van der Waals surface area (Å²) in [6.45, 7) is 3.86. The Balaban J connectivity index is 2.53. The van der Waals surface area contributed by atoms with Gasteiger partial charge in [-0.1, -0.05) is 0 Å². The number of hydrogen-bond donors (Lipinski definition) is 0. The minimum Gasteiger partial charge on any atom is -0.494 e. The highest BCUT2D eigenvalue weighted by Gasteiger charge is 2.30. The van der Waals surface area contributed by atoms with Gasteiger partial charge in [0.2, 0.25) is 0 Å². The first-order valence-electron chi connectivity index (χ1n) is 5.46. The van der Waals surface area contributed by atoms with Crippen LogP contribution in [0.2, 0.25) is 0 Å². The Labute approximate surface area is 104 Å². The van der Waals surface area contributed by atoms with Crippen LogP contribution in [-0.2, 0) is 6.18 Å². The first-order valence-corrected chi connectivity index (χ1v) is 5.46. The molecule has 5 heteroatoms. The number of nitriles is 1. The van der Waals surface area contributed by atoms with E-state index < -0.39 is 17.2 Å². The average Bonchev–Trinajstić information content (AvgIpc) is 2.28. The minimum atomic E-state index is -4.33. The smallest absolute Gasteiger partial charge is 0.416 e. The van der Waals surface area contributed by atoms with Gasteiger partial charge in [-0.25, -0.2) is 0 Å². The first-order chi connectivity index (χ1) is 8.24. The molecule has 0 radical (unpaired) electrons. The molecule has 0 saturated heterocycles. The van der Waals surface area contributed by atoms with Crippen molar-refractivity contribution in [2.75, 3.05) is 6.61 Å². The Morgan fingerprint density at radius 3 is 2.17 bits per heavy atom. The van der Waals surface area contributed by atoms with Crippen LogP contribution < -0.4 is 4.74 Å². The van der Waals surface area contributed by atoms with E-state index in [1.807, 2.05) is 0 Å². The maximum Gasteiger partial charge on any atom is 0.416 e. The summed E-state index contributed by atoms with van der Waals surface area (Å²) < 4.78 is 42.2. The van der Waals surface area contributed by atoms with Crippen molar-refractivity contribution >= 4 is 0 Å². The fourth-order valence-corrected chi connectivity index (χ4v) is 1.22. The average molecular weight is 257 g/mol. The van der Waals surface area contributed by atoms with Gasteiger partial charge in [0.05, 0.1) is 23.7 Å². The van der Waals surface area contributed by atoms with Crippen molar-refractivity contribution < 1.29 is 17.9 Å². The fourth-order valence-electron chi connectivity index (χ4n) is 1.22. The highest BCUT2D eigenvalue weighted by Crippen LogP contribution is 2.30. The molecule has 0 aliphatic rings. The van der Waals surface area contributed by atoms with Crippen LogP contribution in [0, 0.1) is 16.7 Å². The zero-order valence-corrected chi connectivity index (χ0v) is 10.2. The molecule has 1 rings (SSSR count). The second kappa shape index (κ2) is 5.30. The number of alkyl halides is 3. The van der Waals surface area contributed by atoms with Crippen molar-refractivity contribution in [2.45, 2.75) is 26.4 Å². The summed E-state index contributed by atoms with van der Waals surface area (Å²) in [5.74, 6) is 0.372. The highest BCUT2D eigenvalue weighted by molar-refractivity contribution is 5.28. The Morgan fingerprint density at radius 1 is 1.17 bits per heavy atom. The molecule has 2 nitrogen and oxygen atoms in total. The lowest BCUT2D eigenvalue weighted by Crippen LogP contribution is -2.13. The van der Waals surface area contributed by atoms with Crippen molar-refractivity contribution in [2.24, 2.45) is 5.41 Å². The molecule has 0 bridgehead atoms. The van der Waals surface area contributed by atoms with Crippen LogP contribution in [0.4, 0.5) is 13.2 Å². The maximum atomic E-state index is 12.3. The van der Waals surface area contributed by atoms with Gasteiger partial charge in [0, 0.05) is 0 Å². The monoisotopic (exact) mass is 257 g/mol. The molecule has 0 N–H and O–H groups in total. The summed E-state index contributed by atoms with van der Waals surface area (Å²) >= 11 is 0. The van der Waals surface area contributed by atoms with Gasteiger partial charge in [-0.05, 0) is 44.5 Å². The van der Waals surface area contributed by atoms with Gasteiger partial charge in [-0.2, -0.15) is 18.4 Å². The van der Waals surface area contributed by atoms with Gasteiger partial charge in [-0.3, -0.25) is 0 Å². The Kier molecular flexibility index (Phi) is 4.23. The predicted octanol–water partition coefficient (Wildman–Crippen LogP) is 4.02. The lowest BCUT2D eigenvalue weighted by atomic mass is 9.92. The Hall–Kier alpha value is -1.70. The standard InChI is InChI=1S/C13H14F3NO/c1-12(2,9-17)7-8-18-11-5-3-10(4-6-11)13(14,15)16/h3-6H,7-8H2,1-2H3. The summed E-state index contributed by atoms with van der Waals surface area (Å²) in [6.07, 6.45) is -3.81. The summed E-state index contributed by atoms with van der Waals surface area (Å²) in [6, 6.07) is 6.64. The van der Waals surface area contributed by atoms with Crippen LogP contribution in [0.1, 0.15) is 25.8 Å². The van der Waals surface area contributed by atoms with Gasteiger partial charge in [0.15, 0.2) is 0 Å². The zero-order chi connectivity index (χ0) is 13.8. The predicted molar refractivity (Wildman–Crippen MR) is 61.0 cm³/mol. The van der Waals surface area contributed by atoms with Crippen molar-refractivity contribution in [1.29, 1.82) is 5.26 Å². The SMILES string of the molecule is CC(C)(C#N)CCOc1ccc(C(F)(F)F)cc1. The first kappa shape index (κ1) is 14.4. The summed E-state index contributed by atoms with van der Waals surface area (Å²) in [4.78, 5) is 0. The Morgan fingerprint density at radius 2 is 1.72 bits per heavy atom. The van der Waals surface area contributed by atoms with Crippen LogP contribution in [0.5, 0.6) is 5.75 Å². The molecule has 0 aliphatic heterocycles. The normalized spacial score (nSPS) is 12.0. The number of rotatable bonds is 4. The second-order valence-electron chi connectivity index (χ2n) is 4.62. The maximum absolute atomic E-state index is 12.3. The third kappa shape index (κ3) is 4.28. The van der Waals surface area contributed by atoms with Gasteiger partial charge in [-0.15, -0.1) is 0 Å². The Bertz CT molecular complexity index is 429. The molecule has 0 spiro atoms. The van der Waals surface area contributed by atoms with Crippen molar-refractivity contribution in [3.8, 4) is 11.8 Å². The van der Waals surface area contributed by atoms with Gasteiger partial charge < -0.3 is 4.74 Å². The molecule has 0 atom stereocenters. The van der Waals surface area contributed by atoms with Gasteiger partial charge in [0.1, 0.15) is 5.75 Å². The van der Waals surface area contributed by atoms with E-state index in [1.165, 1.54) is 12.1 Å². The minimum absolute atomic E-state index is 0.298. The quantitative estimate of drug-likeness (QED) is 0.816. The topological polar surface area (TPSA) is 33.0 Å². The molecule has 0 saturated carbocycles. The van der Waals surface area contributed by atoms with Crippen molar-refractivity contribution in [3.63, 3.8) is 0 Å². The van der Waals surface area contributed by atoms with Gasteiger partial charge in [0.25, 0.3) is 0 Å². The molecule has 98 valence electrons. The van der Waals surface area contributed by atoms with E-state index in [1.54, 1.807) is 13.8 Å². The molecule has 0 heterocycles. The molecule has 0 aromatic heterocycles. The van der Waals surface area contributed by atoms with Crippen molar-refractivity contribution in [3.05, 3.63) is 29.8 Å². The van der Waals surface area contributed by atoms with E-state index in [2.05, 4.69) is 6.07 Å². The molecule has 1 aromatic rings. The highest BCUT2D eigenvalue weighted by atomic mass is 19.4. The van der Waals surface area contributed by atoms with E-state index >= 15 is 0 Å². The summed E-state index contributed by atoms with van der Waals surface area (Å²) in [7, 11) is 0. The van der Waals surface area contributed by atoms with Crippen LogP contribution >= 0.6 is 0 Å². The summed E-state index contributed by atoms with van der Waals surface area (Å²) in [5, 5.41) is 8.79. The molecule has 1 aromatic carbocycles. The molecule has 0 unspecified atom stereocenters. The number of halogens is 3. The van der Waals surface area contributed by atoms with E-state index in [9.17, 15) is 13.2 Å². The van der Waals surface area contributed by atoms with Crippen LogP contribution in [0.15, 0.2) is 24.3 Å².